The number of rotatable bonds is 3. The molecule has 0 bridgehead atoms. The molecule has 78 valence electrons. The number of thiazole rings is 1. The molecule has 2 nitrogen and oxygen atoms in total. The van der Waals surface area contributed by atoms with Crippen LogP contribution in [0.25, 0.3) is 0 Å². The van der Waals surface area contributed by atoms with E-state index in [1.807, 2.05) is 30.5 Å². The standard InChI is InChI=1S/C11H10ClNOS/c1-8-2-3-9(12)6-10(8)14-7-11-13-4-5-15-11/h2-6H,7H2,1H3. The fourth-order valence-electron chi connectivity index (χ4n) is 1.19. The third-order valence-electron chi connectivity index (χ3n) is 1.98. The number of ether oxygens (including phenoxy) is 1. The number of nitrogens with zero attached hydrogens (tertiary/aromatic N) is 1. The van der Waals surface area contributed by atoms with E-state index in [1.165, 1.54) is 0 Å². The molecule has 15 heavy (non-hydrogen) atoms. The molecule has 2 rings (SSSR count). The van der Waals surface area contributed by atoms with E-state index in [-0.39, 0.29) is 0 Å². The lowest BCUT2D eigenvalue weighted by Crippen LogP contribution is -1.96. The van der Waals surface area contributed by atoms with Crippen LogP contribution in [0.15, 0.2) is 29.8 Å². The van der Waals surface area contributed by atoms with Crippen molar-refractivity contribution in [1.29, 1.82) is 0 Å². The van der Waals surface area contributed by atoms with Crippen LogP contribution in [0.1, 0.15) is 10.6 Å². The highest BCUT2D eigenvalue weighted by atomic mass is 35.5. The fraction of sp³-hybridized carbons (Fsp3) is 0.182. The van der Waals surface area contributed by atoms with Gasteiger partial charge in [-0.25, -0.2) is 4.98 Å². The van der Waals surface area contributed by atoms with Crippen LogP contribution in [0.2, 0.25) is 5.02 Å². The Labute approximate surface area is 97.5 Å². The number of hydrogen-bond donors (Lipinski definition) is 0. The van der Waals surface area contributed by atoms with Crippen molar-refractivity contribution in [3.05, 3.63) is 45.4 Å². The van der Waals surface area contributed by atoms with Crippen molar-refractivity contribution in [3.63, 3.8) is 0 Å². The minimum Gasteiger partial charge on any atom is -0.486 e. The number of halogens is 1. The zero-order valence-electron chi connectivity index (χ0n) is 8.24. The van der Waals surface area contributed by atoms with E-state index >= 15 is 0 Å². The van der Waals surface area contributed by atoms with Crippen molar-refractivity contribution in [2.45, 2.75) is 13.5 Å². The van der Waals surface area contributed by atoms with Gasteiger partial charge in [-0.05, 0) is 24.6 Å². The molecule has 0 aliphatic carbocycles. The van der Waals surface area contributed by atoms with Gasteiger partial charge >= 0.3 is 0 Å². The first-order valence-electron chi connectivity index (χ1n) is 4.53. The molecular weight excluding hydrogens is 230 g/mol. The first kappa shape index (κ1) is 10.5. The summed E-state index contributed by atoms with van der Waals surface area (Å²) in [6, 6.07) is 5.62. The van der Waals surface area contributed by atoms with Gasteiger partial charge in [0.25, 0.3) is 0 Å². The Kier molecular flexibility index (Phi) is 3.23. The van der Waals surface area contributed by atoms with Gasteiger partial charge in [-0.3, -0.25) is 0 Å². The zero-order valence-corrected chi connectivity index (χ0v) is 9.81. The summed E-state index contributed by atoms with van der Waals surface area (Å²) in [6.07, 6.45) is 1.77. The minimum absolute atomic E-state index is 0.499. The Hall–Kier alpha value is -1.06. The molecule has 1 aromatic carbocycles. The summed E-state index contributed by atoms with van der Waals surface area (Å²) in [5.41, 5.74) is 1.08. The quantitative estimate of drug-likeness (QED) is 0.815. The van der Waals surface area contributed by atoms with E-state index in [4.69, 9.17) is 16.3 Å². The van der Waals surface area contributed by atoms with Crippen molar-refractivity contribution in [2.75, 3.05) is 0 Å². The maximum absolute atomic E-state index is 5.88. The topological polar surface area (TPSA) is 22.1 Å². The van der Waals surface area contributed by atoms with Gasteiger partial charge in [0, 0.05) is 16.6 Å². The lowest BCUT2D eigenvalue weighted by atomic mass is 10.2. The van der Waals surface area contributed by atoms with Gasteiger partial charge in [0.2, 0.25) is 0 Å². The third-order valence-corrected chi connectivity index (χ3v) is 2.97. The average Bonchev–Trinajstić information content (AvgIpc) is 2.72. The molecule has 0 aliphatic rings. The Morgan fingerprint density at radius 3 is 3.07 bits per heavy atom. The minimum atomic E-state index is 0.499. The molecule has 0 amide bonds. The summed E-state index contributed by atoms with van der Waals surface area (Å²) in [5, 5.41) is 3.59. The van der Waals surface area contributed by atoms with Gasteiger partial charge < -0.3 is 4.74 Å². The van der Waals surface area contributed by atoms with Gasteiger partial charge in [0.15, 0.2) is 0 Å². The highest BCUT2D eigenvalue weighted by molar-refractivity contribution is 7.09. The Morgan fingerprint density at radius 1 is 1.47 bits per heavy atom. The van der Waals surface area contributed by atoms with Crippen molar-refractivity contribution < 1.29 is 4.74 Å². The Bertz CT molecular complexity index is 442. The Balaban J connectivity index is 2.07. The van der Waals surface area contributed by atoms with Gasteiger partial charge in [-0.2, -0.15) is 0 Å². The number of aromatic nitrogens is 1. The van der Waals surface area contributed by atoms with Gasteiger partial charge in [0.05, 0.1) is 0 Å². The van der Waals surface area contributed by atoms with E-state index in [0.717, 1.165) is 16.3 Å². The summed E-state index contributed by atoms with van der Waals surface area (Å²) in [4.78, 5) is 4.14. The van der Waals surface area contributed by atoms with Gasteiger partial charge in [-0.15, -0.1) is 11.3 Å². The molecule has 0 saturated carbocycles. The highest BCUT2D eigenvalue weighted by Gasteiger charge is 2.02. The highest BCUT2D eigenvalue weighted by Crippen LogP contribution is 2.23. The summed E-state index contributed by atoms with van der Waals surface area (Å²) < 4.78 is 5.63. The van der Waals surface area contributed by atoms with E-state index < -0.39 is 0 Å². The molecule has 1 aromatic heterocycles. The van der Waals surface area contributed by atoms with Crippen molar-refractivity contribution >= 4 is 22.9 Å². The molecule has 0 aliphatic heterocycles. The monoisotopic (exact) mass is 239 g/mol. The molecule has 4 heteroatoms. The van der Waals surface area contributed by atoms with Crippen LogP contribution >= 0.6 is 22.9 Å². The second-order valence-electron chi connectivity index (χ2n) is 3.12. The van der Waals surface area contributed by atoms with Crippen LogP contribution in [0.5, 0.6) is 5.75 Å². The molecule has 0 unspecified atom stereocenters. The molecule has 0 spiro atoms. The first-order valence-corrected chi connectivity index (χ1v) is 5.79. The molecule has 0 fully saturated rings. The van der Waals surface area contributed by atoms with Crippen molar-refractivity contribution in [1.82, 2.24) is 4.98 Å². The predicted octanol–water partition coefficient (Wildman–Crippen LogP) is 3.68. The zero-order chi connectivity index (χ0) is 10.7. The largest absolute Gasteiger partial charge is 0.486 e. The summed E-state index contributed by atoms with van der Waals surface area (Å²) in [7, 11) is 0. The maximum atomic E-state index is 5.88. The van der Waals surface area contributed by atoms with Gasteiger partial charge in [0.1, 0.15) is 17.4 Å². The molecule has 0 radical (unpaired) electrons. The maximum Gasteiger partial charge on any atom is 0.140 e. The van der Waals surface area contributed by atoms with E-state index in [0.29, 0.717) is 11.6 Å². The second-order valence-corrected chi connectivity index (χ2v) is 4.54. The smallest absolute Gasteiger partial charge is 0.140 e. The molecule has 2 aromatic rings. The molecule has 0 N–H and O–H groups in total. The summed E-state index contributed by atoms with van der Waals surface area (Å²) >= 11 is 7.47. The van der Waals surface area contributed by atoms with E-state index in [9.17, 15) is 0 Å². The van der Waals surface area contributed by atoms with E-state index in [1.54, 1.807) is 17.5 Å². The molecule has 1 heterocycles. The summed E-state index contributed by atoms with van der Waals surface area (Å²) in [6.45, 7) is 2.49. The Morgan fingerprint density at radius 2 is 2.33 bits per heavy atom. The number of hydrogen-bond acceptors (Lipinski definition) is 3. The third kappa shape index (κ3) is 2.70. The molecule has 0 saturated heterocycles. The van der Waals surface area contributed by atoms with Crippen LogP contribution < -0.4 is 4.74 Å². The average molecular weight is 240 g/mol. The molecular formula is C11H10ClNOS. The normalized spacial score (nSPS) is 10.3. The second kappa shape index (κ2) is 4.64. The summed E-state index contributed by atoms with van der Waals surface area (Å²) in [5.74, 6) is 0.817. The van der Waals surface area contributed by atoms with E-state index in [2.05, 4.69) is 4.98 Å². The van der Waals surface area contributed by atoms with Crippen LogP contribution in [-0.4, -0.2) is 4.98 Å². The first-order chi connectivity index (χ1) is 7.25. The predicted molar refractivity (Wildman–Crippen MR) is 62.6 cm³/mol. The van der Waals surface area contributed by atoms with Crippen LogP contribution in [0.4, 0.5) is 0 Å². The fourth-order valence-corrected chi connectivity index (χ4v) is 1.88. The lowest BCUT2D eigenvalue weighted by molar-refractivity contribution is 0.303. The lowest BCUT2D eigenvalue weighted by Gasteiger charge is -2.07. The molecule has 0 atom stereocenters. The SMILES string of the molecule is Cc1ccc(Cl)cc1OCc1nccs1. The van der Waals surface area contributed by atoms with Crippen molar-refractivity contribution in [3.8, 4) is 5.75 Å². The number of benzene rings is 1. The van der Waals surface area contributed by atoms with Crippen LogP contribution in [0.3, 0.4) is 0 Å². The van der Waals surface area contributed by atoms with Crippen LogP contribution in [0, 0.1) is 6.92 Å². The number of aryl methyl sites for hydroxylation is 1. The van der Waals surface area contributed by atoms with Gasteiger partial charge in [-0.1, -0.05) is 17.7 Å². The van der Waals surface area contributed by atoms with Crippen molar-refractivity contribution in [2.24, 2.45) is 0 Å². The van der Waals surface area contributed by atoms with Crippen LogP contribution in [-0.2, 0) is 6.61 Å².